The van der Waals surface area contributed by atoms with E-state index in [1.807, 2.05) is 102 Å². The minimum atomic E-state index is -0.446. The van der Waals surface area contributed by atoms with Crippen molar-refractivity contribution in [1.82, 2.24) is 0 Å². The van der Waals surface area contributed by atoms with E-state index in [0.717, 1.165) is 22.5 Å². The summed E-state index contributed by atoms with van der Waals surface area (Å²) in [6.07, 6.45) is -0.398. The number of methoxy groups -OCH3 is 1. The number of hydrogen-bond acceptors (Lipinski definition) is 5. The summed E-state index contributed by atoms with van der Waals surface area (Å²) in [5, 5.41) is 0. The second kappa shape index (κ2) is 10.4. The van der Waals surface area contributed by atoms with Gasteiger partial charge in [-0.25, -0.2) is 4.79 Å². The van der Waals surface area contributed by atoms with Crippen molar-refractivity contribution in [3.8, 4) is 5.75 Å². The second-order valence-electron chi connectivity index (χ2n) is 8.45. The average molecular weight is 479 g/mol. The van der Waals surface area contributed by atoms with Crippen LogP contribution >= 0.6 is 0 Å². The number of ether oxygens (including phenoxy) is 2. The Morgan fingerprint density at radius 2 is 1.44 bits per heavy atom. The third-order valence-electron chi connectivity index (χ3n) is 6.20. The average Bonchev–Trinajstić information content (AvgIpc) is 2.94. The Bertz CT molecular complexity index is 1340. The maximum Gasteiger partial charge on any atom is 0.343 e. The molecule has 6 heteroatoms. The van der Waals surface area contributed by atoms with Crippen molar-refractivity contribution < 1.29 is 19.1 Å². The normalized spacial score (nSPS) is 14.8. The number of carbonyl (C=O) groups is 2. The summed E-state index contributed by atoms with van der Waals surface area (Å²) in [7, 11) is 1.33. The molecule has 1 heterocycles. The lowest BCUT2D eigenvalue weighted by Gasteiger charge is -2.46. The number of amides is 1. The van der Waals surface area contributed by atoms with Crippen LogP contribution in [0.15, 0.2) is 109 Å². The molecule has 0 radical (unpaired) electrons. The van der Waals surface area contributed by atoms with E-state index in [2.05, 4.69) is 21.8 Å². The molecule has 1 aliphatic heterocycles. The van der Waals surface area contributed by atoms with Crippen LogP contribution in [0.25, 0.3) is 0 Å². The lowest BCUT2D eigenvalue weighted by molar-refractivity contribution is -0.142. The van der Waals surface area contributed by atoms with E-state index in [-0.39, 0.29) is 12.5 Å². The van der Waals surface area contributed by atoms with E-state index >= 15 is 0 Å². The van der Waals surface area contributed by atoms with Gasteiger partial charge in [-0.15, -0.1) is 0 Å². The van der Waals surface area contributed by atoms with Crippen LogP contribution < -0.4 is 14.5 Å². The van der Waals surface area contributed by atoms with Gasteiger partial charge in [0.15, 0.2) is 6.61 Å². The minimum absolute atomic E-state index is 0.0582. The number of fused-ring (bicyclic) bond motifs is 1. The summed E-state index contributed by atoms with van der Waals surface area (Å²) in [6, 6.07) is 35.2. The fraction of sp³-hybridized carbons (Fsp3) is 0.133. The minimum Gasteiger partial charge on any atom is -0.482 e. The van der Waals surface area contributed by atoms with Crippen LogP contribution in [-0.2, 0) is 16.1 Å². The maximum atomic E-state index is 13.9. The third kappa shape index (κ3) is 4.66. The van der Waals surface area contributed by atoms with Gasteiger partial charge in [0.25, 0.3) is 5.91 Å². The first-order chi connectivity index (χ1) is 17.7. The summed E-state index contributed by atoms with van der Waals surface area (Å²) >= 11 is 0. The van der Waals surface area contributed by atoms with Crippen LogP contribution in [0.5, 0.6) is 5.75 Å². The first-order valence-corrected chi connectivity index (χ1v) is 11.7. The summed E-state index contributed by atoms with van der Waals surface area (Å²) in [6.45, 7) is 0.446. The second-order valence-corrected chi connectivity index (χ2v) is 8.45. The Kier molecular flexibility index (Phi) is 6.67. The van der Waals surface area contributed by atoms with E-state index in [1.165, 1.54) is 7.11 Å². The summed E-state index contributed by atoms with van der Waals surface area (Å²) in [5.74, 6) is 0.0440. The van der Waals surface area contributed by atoms with Crippen LogP contribution in [0.4, 0.5) is 11.4 Å². The zero-order valence-electron chi connectivity index (χ0n) is 19.9. The Hall–Kier alpha value is -4.58. The Morgan fingerprint density at radius 1 is 0.806 bits per heavy atom. The van der Waals surface area contributed by atoms with Crippen LogP contribution in [0, 0.1) is 0 Å². The van der Waals surface area contributed by atoms with Gasteiger partial charge < -0.3 is 14.4 Å². The Morgan fingerprint density at radius 3 is 2.14 bits per heavy atom. The summed E-state index contributed by atoms with van der Waals surface area (Å²) in [5.41, 5.74) is 4.41. The SMILES string of the molecule is COC(=O)COc1ccc([C@H]2N(Cc3ccccc3)c3ccccc3C(=O)N2c2ccccc2)cc1. The predicted octanol–water partition coefficient (Wildman–Crippen LogP) is 5.60. The van der Waals surface area contributed by atoms with Crippen molar-refractivity contribution in [3.63, 3.8) is 0 Å². The molecule has 5 rings (SSSR count). The number of carbonyl (C=O) groups excluding carboxylic acids is 2. The van der Waals surface area contributed by atoms with E-state index in [4.69, 9.17) is 4.74 Å². The number of para-hydroxylation sites is 2. The lowest BCUT2D eigenvalue weighted by Crippen LogP contribution is -2.49. The van der Waals surface area contributed by atoms with Crippen molar-refractivity contribution in [2.24, 2.45) is 0 Å². The molecule has 0 aromatic heterocycles. The van der Waals surface area contributed by atoms with Gasteiger partial charge in [0.05, 0.1) is 18.4 Å². The number of benzene rings is 4. The molecule has 36 heavy (non-hydrogen) atoms. The monoisotopic (exact) mass is 478 g/mol. The number of rotatable bonds is 7. The van der Waals surface area contributed by atoms with Crippen LogP contribution in [-0.4, -0.2) is 25.6 Å². The van der Waals surface area contributed by atoms with Crippen molar-refractivity contribution >= 4 is 23.3 Å². The first-order valence-electron chi connectivity index (χ1n) is 11.7. The molecule has 1 aliphatic rings. The van der Waals surface area contributed by atoms with E-state index in [9.17, 15) is 9.59 Å². The van der Waals surface area contributed by atoms with Gasteiger partial charge >= 0.3 is 5.97 Å². The first kappa shape index (κ1) is 23.2. The van der Waals surface area contributed by atoms with Crippen molar-refractivity contribution in [1.29, 1.82) is 0 Å². The molecule has 0 fully saturated rings. The fourth-order valence-corrected chi connectivity index (χ4v) is 4.48. The van der Waals surface area contributed by atoms with Gasteiger partial charge in [-0.05, 0) is 47.5 Å². The maximum absolute atomic E-state index is 13.9. The Labute approximate surface area is 210 Å². The number of nitrogens with zero attached hydrogens (tertiary/aromatic N) is 2. The molecule has 0 N–H and O–H groups in total. The Balaban J connectivity index is 1.60. The van der Waals surface area contributed by atoms with Crippen molar-refractivity contribution in [2.45, 2.75) is 12.7 Å². The molecular weight excluding hydrogens is 452 g/mol. The van der Waals surface area contributed by atoms with Crippen LogP contribution in [0.2, 0.25) is 0 Å². The van der Waals surface area contributed by atoms with Gasteiger partial charge in [0.2, 0.25) is 0 Å². The topological polar surface area (TPSA) is 59.1 Å². The van der Waals surface area contributed by atoms with Crippen molar-refractivity contribution in [3.05, 3.63) is 126 Å². The summed E-state index contributed by atoms with van der Waals surface area (Å²) in [4.78, 5) is 29.5. The molecule has 0 spiro atoms. The van der Waals surface area contributed by atoms with Gasteiger partial charge in [-0.1, -0.05) is 72.8 Å². The standard InChI is InChI=1S/C30H26N2O4/c1-35-28(33)21-36-25-18-16-23(17-19-25)29-31(20-22-10-4-2-5-11-22)27-15-9-8-14-26(27)30(34)32(29)24-12-6-3-7-13-24/h2-19,29H,20-21H2,1H3/t29-/m0/s1. The highest BCUT2D eigenvalue weighted by Crippen LogP contribution is 2.42. The lowest BCUT2D eigenvalue weighted by atomic mass is 9.99. The molecule has 0 bridgehead atoms. The van der Waals surface area contributed by atoms with Gasteiger partial charge in [-0.2, -0.15) is 0 Å². The molecule has 0 saturated carbocycles. The molecule has 4 aromatic carbocycles. The molecular formula is C30H26N2O4. The summed E-state index contributed by atoms with van der Waals surface area (Å²) < 4.78 is 10.2. The molecule has 0 saturated heterocycles. The fourth-order valence-electron chi connectivity index (χ4n) is 4.48. The van der Waals surface area contributed by atoms with E-state index in [1.54, 1.807) is 0 Å². The molecule has 1 atom stereocenters. The van der Waals surface area contributed by atoms with Crippen LogP contribution in [0.3, 0.4) is 0 Å². The highest BCUT2D eigenvalue weighted by atomic mass is 16.6. The number of anilines is 2. The highest BCUT2D eigenvalue weighted by Gasteiger charge is 2.39. The highest BCUT2D eigenvalue weighted by molar-refractivity contribution is 6.12. The molecule has 1 amide bonds. The number of hydrogen-bond donors (Lipinski definition) is 0. The van der Waals surface area contributed by atoms with E-state index in [0.29, 0.717) is 17.9 Å². The largest absolute Gasteiger partial charge is 0.482 e. The molecule has 0 unspecified atom stereocenters. The van der Waals surface area contributed by atoms with Gasteiger partial charge in [0.1, 0.15) is 11.9 Å². The van der Waals surface area contributed by atoms with Gasteiger partial charge in [0, 0.05) is 12.2 Å². The molecule has 6 nitrogen and oxygen atoms in total. The van der Waals surface area contributed by atoms with Crippen LogP contribution in [0.1, 0.15) is 27.7 Å². The van der Waals surface area contributed by atoms with Gasteiger partial charge in [-0.3, -0.25) is 9.69 Å². The zero-order valence-corrected chi connectivity index (χ0v) is 19.9. The zero-order chi connectivity index (χ0) is 24.9. The quantitative estimate of drug-likeness (QED) is 0.324. The molecule has 4 aromatic rings. The van der Waals surface area contributed by atoms with Crippen molar-refractivity contribution in [2.75, 3.05) is 23.5 Å². The van der Waals surface area contributed by atoms with E-state index < -0.39 is 12.1 Å². The smallest absolute Gasteiger partial charge is 0.343 e. The molecule has 180 valence electrons. The number of esters is 1. The predicted molar refractivity (Wildman–Crippen MR) is 139 cm³/mol. The molecule has 0 aliphatic carbocycles. The third-order valence-corrected chi connectivity index (χ3v) is 6.20.